The van der Waals surface area contributed by atoms with E-state index in [1.165, 1.54) is 6.08 Å². The molecule has 6 N–H and O–H groups in total. The molecule has 422 valence electrons. The lowest BCUT2D eigenvalue weighted by atomic mass is 9.83. The number of ether oxygens (including phenoxy) is 10. The van der Waals surface area contributed by atoms with Crippen molar-refractivity contribution in [1.82, 2.24) is 16.0 Å². The van der Waals surface area contributed by atoms with Crippen molar-refractivity contribution in [3.63, 3.8) is 0 Å². The van der Waals surface area contributed by atoms with E-state index < -0.39 is 119 Å². The highest BCUT2D eigenvalue weighted by atomic mass is 28.4. The van der Waals surface area contributed by atoms with Crippen molar-refractivity contribution in [3.8, 4) is 0 Å². The van der Waals surface area contributed by atoms with E-state index in [2.05, 4.69) is 56.4 Å². The Morgan fingerprint density at radius 3 is 1.69 bits per heavy atom. The molecule has 4 aromatic rings. The molecule has 0 spiro atoms. The first-order chi connectivity index (χ1) is 37.5. The highest BCUT2D eigenvalue weighted by Crippen LogP contribution is 2.40. The molecule has 1 saturated carbocycles. The van der Waals surface area contributed by atoms with Crippen molar-refractivity contribution in [2.45, 2.75) is 157 Å². The second-order valence-electron chi connectivity index (χ2n) is 21.2. The summed E-state index contributed by atoms with van der Waals surface area (Å²) in [5.74, 6) is 0. The molecule has 3 heterocycles. The van der Waals surface area contributed by atoms with Gasteiger partial charge in [0.1, 0.15) is 80.8 Å². The van der Waals surface area contributed by atoms with Crippen LogP contribution in [0.3, 0.4) is 0 Å². The van der Waals surface area contributed by atoms with Gasteiger partial charge in [-0.15, -0.1) is 6.58 Å². The number of benzene rings is 4. The van der Waals surface area contributed by atoms with Crippen LogP contribution >= 0.6 is 0 Å². The number of alkyl carbamates (subject to hydrolysis) is 3. The van der Waals surface area contributed by atoms with Crippen LogP contribution in [0, 0.1) is 0 Å². The molecule has 4 aliphatic rings. The fraction of sp³-hybridized carbons (Fsp3) is 0.491. The Morgan fingerprint density at radius 2 is 1.15 bits per heavy atom. The molecule has 1 unspecified atom stereocenters. The Labute approximate surface area is 455 Å². The Kier molecular flexibility index (Phi) is 20.1. The lowest BCUT2D eigenvalue weighted by Crippen LogP contribution is -2.71. The first-order valence-corrected chi connectivity index (χ1v) is 29.1. The molecular formula is C57H73N3O17Si. The smallest absolute Gasteiger partial charge is 0.407 e. The molecule has 4 aromatic carbocycles. The summed E-state index contributed by atoms with van der Waals surface area (Å²) in [6.07, 6.45) is -17.5. The third-order valence-corrected chi connectivity index (χ3v) is 19.1. The van der Waals surface area contributed by atoms with E-state index in [1.54, 1.807) is 72.8 Å². The molecule has 4 fully saturated rings. The molecule has 0 radical (unpaired) electrons. The van der Waals surface area contributed by atoms with Crippen molar-refractivity contribution in [2.75, 3.05) is 19.8 Å². The number of hydrogen-bond acceptors (Lipinski definition) is 17. The lowest BCUT2D eigenvalue weighted by Gasteiger charge is -2.51. The van der Waals surface area contributed by atoms with E-state index in [-0.39, 0.29) is 51.1 Å². The van der Waals surface area contributed by atoms with Crippen LogP contribution < -0.4 is 16.0 Å². The SMILES string of the molecule is C=CCO[C@H]1[C@H](O[C@@H]2[C@@H](O)[C@H](NC(=O)OCc3ccccc3)C[C@H](NC(=O)OCc3ccccc3)[C@H]2O[C@H]2O[C@@H]3COC(c4ccccc4)O[C@H]3[C@H](O)[C@H]2NC(=O)OCc2ccccc2)O[C@H](CO[Si](C)(C)C(C)(C)C)[C@H]1O. The Hall–Kier alpha value is -5.79. The van der Waals surface area contributed by atoms with Gasteiger partial charge in [-0.1, -0.05) is 148 Å². The summed E-state index contributed by atoms with van der Waals surface area (Å²) in [6, 6.07) is 32.1. The highest BCUT2D eigenvalue weighted by Gasteiger charge is 2.57. The fourth-order valence-corrected chi connectivity index (χ4v) is 10.3. The maximum absolute atomic E-state index is 14.0. The first-order valence-electron chi connectivity index (χ1n) is 26.2. The van der Waals surface area contributed by atoms with Gasteiger partial charge in [-0.2, -0.15) is 0 Å². The topological polar surface area (TPSA) is 250 Å². The molecule has 3 aliphatic heterocycles. The monoisotopic (exact) mass is 1100 g/mol. The van der Waals surface area contributed by atoms with Gasteiger partial charge in [-0.05, 0) is 41.2 Å². The molecule has 3 saturated heterocycles. The number of aliphatic hydroxyl groups is 3. The second kappa shape index (κ2) is 26.9. The minimum Gasteiger partial charge on any atom is -0.445 e. The molecule has 8 rings (SSSR count). The molecule has 0 aromatic heterocycles. The predicted molar refractivity (Wildman–Crippen MR) is 283 cm³/mol. The Balaban J connectivity index is 1.14. The Bertz CT molecular complexity index is 2530. The molecule has 15 atom stereocenters. The summed E-state index contributed by atoms with van der Waals surface area (Å²) in [7, 11) is -2.39. The minimum absolute atomic E-state index is 0.0349. The third kappa shape index (κ3) is 15.1. The normalized spacial score (nSPS) is 30.0. The number of aliphatic hydroxyl groups excluding tert-OH is 3. The number of hydrogen-bond donors (Lipinski definition) is 6. The molecule has 1 aliphatic carbocycles. The highest BCUT2D eigenvalue weighted by molar-refractivity contribution is 6.74. The van der Waals surface area contributed by atoms with Gasteiger partial charge >= 0.3 is 18.3 Å². The maximum atomic E-state index is 14.0. The number of amides is 3. The van der Waals surface area contributed by atoms with E-state index in [9.17, 15) is 29.7 Å². The van der Waals surface area contributed by atoms with Gasteiger partial charge < -0.3 is 83.1 Å². The van der Waals surface area contributed by atoms with Gasteiger partial charge in [0.05, 0.1) is 31.9 Å². The predicted octanol–water partition coefficient (Wildman–Crippen LogP) is 6.29. The van der Waals surface area contributed by atoms with E-state index in [1.807, 2.05) is 48.5 Å². The largest absolute Gasteiger partial charge is 0.445 e. The number of fused-ring (bicyclic) bond motifs is 1. The van der Waals surface area contributed by atoms with E-state index in [0.717, 1.165) is 0 Å². The van der Waals surface area contributed by atoms with Crippen LogP contribution in [0.15, 0.2) is 134 Å². The molecule has 3 amide bonds. The Morgan fingerprint density at radius 1 is 0.641 bits per heavy atom. The maximum Gasteiger partial charge on any atom is 0.407 e. The summed E-state index contributed by atoms with van der Waals surface area (Å²) in [5, 5.41) is 45.1. The van der Waals surface area contributed by atoms with Crippen molar-refractivity contribution in [2.24, 2.45) is 0 Å². The van der Waals surface area contributed by atoms with Crippen molar-refractivity contribution in [3.05, 3.63) is 156 Å². The number of rotatable bonds is 20. The van der Waals surface area contributed by atoms with E-state index in [0.29, 0.717) is 22.3 Å². The van der Waals surface area contributed by atoms with Crippen LogP contribution in [-0.2, 0) is 71.6 Å². The van der Waals surface area contributed by atoms with Crippen LogP contribution in [-0.4, -0.2) is 147 Å². The number of nitrogens with one attached hydrogen (secondary N) is 3. The second-order valence-corrected chi connectivity index (χ2v) is 26.0. The van der Waals surface area contributed by atoms with Crippen LogP contribution in [0.2, 0.25) is 18.1 Å². The van der Waals surface area contributed by atoms with Gasteiger partial charge in [0.2, 0.25) is 0 Å². The zero-order chi connectivity index (χ0) is 55.4. The average Bonchev–Trinajstić information content (AvgIpc) is 3.80. The van der Waals surface area contributed by atoms with Gasteiger partial charge in [0, 0.05) is 5.56 Å². The molecule has 20 nitrogen and oxygen atoms in total. The summed E-state index contributed by atoms with van der Waals surface area (Å²) in [4.78, 5) is 41.5. The summed E-state index contributed by atoms with van der Waals surface area (Å²) in [6.45, 7) is 13.6. The van der Waals surface area contributed by atoms with E-state index >= 15 is 0 Å². The zero-order valence-corrected chi connectivity index (χ0v) is 45.5. The van der Waals surface area contributed by atoms with Crippen LogP contribution in [0.25, 0.3) is 0 Å². The van der Waals surface area contributed by atoms with Crippen molar-refractivity contribution >= 4 is 26.6 Å². The molecule has 0 bridgehead atoms. The van der Waals surface area contributed by atoms with Crippen LogP contribution in [0.5, 0.6) is 0 Å². The summed E-state index contributed by atoms with van der Waals surface area (Å²) >= 11 is 0. The van der Waals surface area contributed by atoms with Gasteiger partial charge in [-0.3, -0.25) is 0 Å². The first kappa shape index (κ1) is 58.4. The molecular weight excluding hydrogens is 1030 g/mol. The lowest BCUT2D eigenvalue weighted by molar-refractivity contribution is -0.358. The van der Waals surface area contributed by atoms with Gasteiger partial charge in [-0.25, -0.2) is 14.4 Å². The minimum atomic E-state index is -2.39. The van der Waals surface area contributed by atoms with Gasteiger partial charge in [0.25, 0.3) is 0 Å². The average molecular weight is 1100 g/mol. The van der Waals surface area contributed by atoms with Crippen LogP contribution in [0.4, 0.5) is 14.4 Å². The van der Waals surface area contributed by atoms with Crippen molar-refractivity contribution in [1.29, 1.82) is 0 Å². The summed E-state index contributed by atoms with van der Waals surface area (Å²) < 4.78 is 68.8. The standard InChI is InChI=1S/C57H73N3O17Si/c1-7-28-67-50-45(62)41(34-72-78(5,6)57(2,3)4)73-53(50)77-49-44(61)39(58-54(64)69-30-35-20-12-8-13-21-35)29-40(59-55(65)70-31-36-22-14-9-15-23-36)47(49)75-52-43(60-56(66)71-32-37-24-16-10-17-25-37)46(63)48-42(74-52)33-68-51(76-48)38-26-18-11-19-27-38/h7-27,39-53,61-63H,1,28-34H2,2-6H3,(H,58,64)(H,59,65)(H,60,66)/t39-,40+,41-,42-,43-,44+,45-,46-,47-,48-,49-,50-,51?,52-,53+/m1/s1. The third-order valence-electron chi connectivity index (χ3n) is 14.6. The number of carbonyl (C=O) groups is 3. The zero-order valence-electron chi connectivity index (χ0n) is 44.5. The van der Waals surface area contributed by atoms with Crippen LogP contribution in [0.1, 0.15) is 55.7 Å². The quantitative estimate of drug-likeness (QED) is 0.0323. The van der Waals surface area contributed by atoms with Gasteiger partial charge in [0.15, 0.2) is 27.2 Å². The molecule has 78 heavy (non-hydrogen) atoms. The van der Waals surface area contributed by atoms with Crippen molar-refractivity contribution < 1.29 is 81.5 Å². The van der Waals surface area contributed by atoms with E-state index in [4.69, 9.17) is 51.8 Å². The summed E-state index contributed by atoms with van der Waals surface area (Å²) in [5.41, 5.74) is 2.76. The fourth-order valence-electron chi connectivity index (χ4n) is 9.31. The number of carbonyl (C=O) groups excluding carboxylic acids is 3. The molecule has 21 heteroatoms.